The van der Waals surface area contributed by atoms with Crippen molar-refractivity contribution in [1.29, 1.82) is 0 Å². The summed E-state index contributed by atoms with van der Waals surface area (Å²) in [7, 11) is -4.33. The third-order valence-electron chi connectivity index (χ3n) is 4.33. The van der Waals surface area contributed by atoms with Gasteiger partial charge in [-0.3, -0.25) is 4.72 Å². The highest BCUT2D eigenvalue weighted by Crippen LogP contribution is 2.37. The lowest BCUT2D eigenvalue weighted by Crippen LogP contribution is -2.15. The number of rotatable bonds is 5. The van der Waals surface area contributed by atoms with Crippen LogP contribution in [-0.2, 0) is 16.2 Å². The molecule has 0 amide bonds. The number of tetrazole rings is 1. The van der Waals surface area contributed by atoms with Gasteiger partial charge in [-0.15, -0.1) is 5.10 Å². The molecule has 12 heteroatoms. The van der Waals surface area contributed by atoms with Crippen LogP contribution in [0, 0.1) is 0 Å². The van der Waals surface area contributed by atoms with Crippen LogP contribution in [-0.4, -0.2) is 28.6 Å². The first-order valence-electron chi connectivity index (χ1n) is 8.43. The fourth-order valence-corrected chi connectivity index (χ4v) is 4.32. The molecule has 0 radical (unpaired) electrons. The van der Waals surface area contributed by atoms with Crippen molar-refractivity contribution in [2.24, 2.45) is 0 Å². The van der Waals surface area contributed by atoms with Gasteiger partial charge in [-0.25, -0.2) is 13.1 Å². The van der Waals surface area contributed by atoms with Crippen LogP contribution < -0.4 is 4.72 Å². The largest absolute Gasteiger partial charge is 0.416 e. The Hall–Kier alpha value is -2.66. The van der Waals surface area contributed by atoms with Gasteiger partial charge in [0.05, 0.1) is 16.6 Å². The van der Waals surface area contributed by atoms with Gasteiger partial charge in [0.2, 0.25) is 0 Å². The summed E-state index contributed by atoms with van der Waals surface area (Å²) >= 11 is 5.83. The standard InChI is InChI=1S/C17H13ClF3N5O2S/c18-14-8-3-11(17(19,20)21)9-15(14)29(27,28)23-12-4-1-10(2-5-12)16-22-24-25-26(16)13-6-7-13/h1-5,8-9,13,23H,6-7H2. The number of alkyl halides is 3. The molecule has 0 aliphatic heterocycles. The lowest BCUT2D eigenvalue weighted by Gasteiger charge is -2.13. The van der Waals surface area contributed by atoms with Crippen LogP contribution in [0.3, 0.4) is 0 Å². The summed E-state index contributed by atoms with van der Waals surface area (Å²) in [6.45, 7) is 0. The molecular weight excluding hydrogens is 431 g/mol. The van der Waals surface area contributed by atoms with E-state index < -0.39 is 26.7 Å². The van der Waals surface area contributed by atoms with Gasteiger partial charge >= 0.3 is 6.18 Å². The molecule has 1 N–H and O–H groups in total. The first kappa shape index (κ1) is 19.6. The quantitative estimate of drug-likeness (QED) is 0.639. The minimum absolute atomic E-state index is 0.160. The molecule has 1 aromatic heterocycles. The molecule has 0 atom stereocenters. The van der Waals surface area contributed by atoms with Gasteiger partial charge in [0, 0.05) is 11.3 Å². The Morgan fingerprint density at radius 1 is 1.10 bits per heavy atom. The summed E-state index contributed by atoms with van der Waals surface area (Å²) in [5.74, 6) is 0.558. The fourth-order valence-electron chi connectivity index (χ4n) is 2.73. The summed E-state index contributed by atoms with van der Waals surface area (Å²) < 4.78 is 67.8. The Morgan fingerprint density at radius 2 is 1.79 bits per heavy atom. The maximum Gasteiger partial charge on any atom is 0.416 e. The van der Waals surface area contributed by atoms with Gasteiger partial charge < -0.3 is 0 Å². The Kier molecular flexibility index (Phi) is 4.74. The van der Waals surface area contributed by atoms with E-state index in [9.17, 15) is 21.6 Å². The monoisotopic (exact) mass is 443 g/mol. The van der Waals surface area contributed by atoms with Crippen LogP contribution in [0.2, 0.25) is 5.02 Å². The number of hydrogen-bond acceptors (Lipinski definition) is 5. The predicted octanol–water partition coefficient (Wildman–Crippen LogP) is 4.15. The molecule has 0 saturated heterocycles. The molecule has 152 valence electrons. The van der Waals surface area contributed by atoms with Gasteiger partial charge in [0.1, 0.15) is 4.90 Å². The molecular formula is C17H13ClF3N5O2S. The van der Waals surface area contributed by atoms with E-state index in [0.29, 0.717) is 17.5 Å². The molecule has 1 heterocycles. The summed E-state index contributed by atoms with van der Waals surface area (Å²) in [5.41, 5.74) is -0.265. The van der Waals surface area contributed by atoms with Crippen molar-refractivity contribution in [3.05, 3.63) is 53.1 Å². The van der Waals surface area contributed by atoms with Crippen molar-refractivity contribution < 1.29 is 21.6 Å². The molecule has 0 bridgehead atoms. The van der Waals surface area contributed by atoms with E-state index >= 15 is 0 Å². The molecule has 29 heavy (non-hydrogen) atoms. The van der Waals surface area contributed by atoms with Gasteiger partial charge in [-0.2, -0.15) is 13.2 Å². The minimum Gasteiger partial charge on any atom is -0.280 e. The molecule has 0 unspecified atom stereocenters. The zero-order valence-corrected chi connectivity index (χ0v) is 16.1. The SMILES string of the molecule is O=S(=O)(Nc1ccc(-c2nnnn2C2CC2)cc1)c1cc(C(F)(F)F)ccc1Cl. The number of anilines is 1. The second-order valence-electron chi connectivity index (χ2n) is 6.50. The predicted molar refractivity (Wildman–Crippen MR) is 98.8 cm³/mol. The number of nitrogens with one attached hydrogen (secondary N) is 1. The Labute approximate surface area is 168 Å². The van der Waals surface area contributed by atoms with Gasteiger partial charge in [0.25, 0.3) is 10.0 Å². The maximum absolute atomic E-state index is 12.9. The fraction of sp³-hybridized carbons (Fsp3) is 0.235. The van der Waals surface area contributed by atoms with Crippen molar-refractivity contribution in [1.82, 2.24) is 20.2 Å². The number of nitrogens with zero attached hydrogens (tertiary/aromatic N) is 4. The van der Waals surface area contributed by atoms with Gasteiger partial charge in [-0.05, 0) is 65.7 Å². The summed E-state index contributed by atoms with van der Waals surface area (Å²) in [6.07, 6.45) is -2.70. The van der Waals surface area contributed by atoms with Crippen molar-refractivity contribution >= 4 is 27.3 Å². The third kappa shape index (κ3) is 4.06. The molecule has 4 rings (SSSR count). The second-order valence-corrected chi connectivity index (χ2v) is 8.56. The van der Waals surface area contributed by atoms with E-state index in [2.05, 4.69) is 20.2 Å². The molecule has 3 aromatic rings. The van der Waals surface area contributed by atoms with Crippen LogP contribution in [0.4, 0.5) is 18.9 Å². The van der Waals surface area contributed by atoms with E-state index in [1.807, 2.05) is 0 Å². The van der Waals surface area contributed by atoms with Gasteiger partial charge in [-0.1, -0.05) is 11.6 Å². The number of hydrogen-bond donors (Lipinski definition) is 1. The number of halogens is 4. The molecule has 0 spiro atoms. The van der Waals surface area contributed by atoms with Gasteiger partial charge in [0.15, 0.2) is 5.82 Å². The number of aromatic nitrogens is 4. The summed E-state index contributed by atoms with van der Waals surface area (Å²) in [4.78, 5) is -0.657. The average Bonchev–Trinajstić information content (AvgIpc) is 3.38. The summed E-state index contributed by atoms with van der Waals surface area (Å²) in [6, 6.07) is 8.58. The highest BCUT2D eigenvalue weighted by atomic mass is 35.5. The third-order valence-corrected chi connectivity index (χ3v) is 6.19. The second kappa shape index (κ2) is 6.99. The molecule has 1 aliphatic rings. The summed E-state index contributed by atoms with van der Waals surface area (Å²) in [5, 5.41) is 11.3. The van der Waals surface area contributed by atoms with E-state index in [1.165, 1.54) is 12.1 Å². The topological polar surface area (TPSA) is 89.8 Å². The van der Waals surface area contributed by atoms with Crippen molar-refractivity contribution in [2.45, 2.75) is 30.0 Å². The Morgan fingerprint density at radius 3 is 2.41 bits per heavy atom. The van der Waals surface area contributed by atoms with E-state index in [1.54, 1.807) is 16.8 Å². The highest BCUT2D eigenvalue weighted by molar-refractivity contribution is 7.92. The van der Waals surface area contributed by atoms with E-state index in [4.69, 9.17) is 11.6 Å². The lowest BCUT2D eigenvalue weighted by molar-refractivity contribution is -0.137. The van der Waals surface area contributed by atoms with Crippen LogP contribution in [0.5, 0.6) is 0 Å². The van der Waals surface area contributed by atoms with E-state index in [-0.39, 0.29) is 16.8 Å². The maximum atomic E-state index is 12.9. The average molecular weight is 444 g/mol. The van der Waals surface area contributed by atoms with Crippen molar-refractivity contribution in [3.63, 3.8) is 0 Å². The van der Waals surface area contributed by atoms with Crippen molar-refractivity contribution in [3.8, 4) is 11.4 Å². The molecule has 1 saturated carbocycles. The molecule has 2 aromatic carbocycles. The molecule has 7 nitrogen and oxygen atoms in total. The number of sulfonamides is 1. The van der Waals surface area contributed by atoms with Crippen LogP contribution >= 0.6 is 11.6 Å². The van der Waals surface area contributed by atoms with Crippen LogP contribution in [0.25, 0.3) is 11.4 Å². The first-order valence-corrected chi connectivity index (χ1v) is 10.3. The Bertz CT molecular complexity index is 1160. The van der Waals surface area contributed by atoms with Crippen molar-refractivity contribution in [2.75, 3.05) is 4.72 Å². The first-order chi connectivity index (χ1) is 13.6. The molecule has 1 aliphatic carbocycles. The van der Waals surface area contributed by atoms with Crippen LogP contribution in [0.1, 0.15) is 24.4 Å². The zero-order valence-electron chi connectivity index (χ0n) is 14.6. The zero-order chi connectivity index (χ0) is 20.8. The van der Waals surface area contributed by atoms with Crippen LogP contribution in [0.15, 0.2) is 47.4 Å². The smallest absolute Gasteiger partial charge is 0.280 e. The minimum atomic E-state index is -4.69. The highest BCUT2D eigenvalue weighted by Gasteiger charge is 2.33. The normalized spacial score (nSPS) is 14.8. The number of benzene rings is 2. The van der Waals surface area contributed by atoms with E-state index in [0.717, 1.165) is 25.0 Å². The Balaban J connectivity index is 1.60. The molecule has 1 fully saturated rings. The lowest BCUT2D eigenvalue weighted by atomic mass is 10.2.